The fraction of sp³-hybridized carbons (Fsp3) is 0.400. The van der Waals surface area contributed by atoms with Crippen molar-refractivity contribution in [1.29, 1.82) is 0 Å². The second-order valence-corrected chi connectivity index (χ2v) is 8.90. The van der Waals surface area contributed by atoms with Crippen molar-refractivity contribution in [3.8, 4) is 11.1 Å². The summed E-state index contributed by atoms with van der Waals surface area (Å²) in [4.78, 5) is 36.1. The van der Waals surface area contributed by atoms with Crippen molar-refractivity contribution in [2.45, 2.75) is 49.9 Å². The number of alkyl halides is 3. The third-order valence-electron chi connectivity index (χ3n) is 6.52. The number of amides is 2. The first-order valence-electron chi connectivity index (χ1n) is 11.3. The van der Waals surface area contributed by atoms with Crippen LogP contribution in [0.25, 0.3) is 11.1 Å². The van der Waals surface area contributed by atoms with Gasteiger partial charge in [-0.2, -0.15) is 13.2 Å². The number of halogens is 3. The van der Waals surface area contributed by atoms with Crippen molar-refractivity contribution in [2.75, 3.05) is 6.61 Å². The van der Waals surface area contributed by atoms with Crippen LogP contribution in [0.2, 0.25) is 0 Å². The van der Waals surface area contributed by atoms with Gasteiger partial charge in [0.15, 0.2) is 0 Å². The van der Waals surface area contributed by atoms with E-state index in [-0.39, 0.29) is 18.9 Å². The van der Waals surface area contributed by atoms with Crippen LogP contribution in [0.4, 0.5) is 18.0 Å². The van der Waals surface area contributed by atoms with Crippen molar-refractivity contribution >= 4 is 18.0 Å². The molecule has 0 heterocycles. The molecule has 186 valence electrons. The van der Waals surface area contributed by atoms with Crippen molar-refractivity contribution in [3.63, 3.8) is 0 Å². The molecule has 0 radical (unpaired) electrons. The Hall–Kier alpha value is -3.56. The minimum absolute atomic E-state index is 0.108. The fourth-order valence-corrected chi connectivity index (χ4v) is 4.86. The number of benzene rings is 2. The van der Waals surface area contributed by atoms with Gasteiger partial charge in [0.25, 0.3) is 0 Å². The first-order valence-corrected chi connectivity index (χ1v) is 11.3. The van der Waals surface area contributed by atoms with E-state index in [1.807, 2.05) is 53.8 Å². The quantitative estimate of drug-likeness (QED) is 0.539. The molecule has 2 aliphatic rings. The summed E-state index contributed by atoms with van der Waals surface area (Å²) in [6.45, 7) is -0.108. The summed E-state index contributed by atoms with van der Waals surface area (Å²) in [6, 6.07) is 12.8. The van der Waals surface area contributed by atoms with Crippen LogP contribution in [0.1, 0.15) is 42.7 Å². The Labute approximate surface area is 199 Å². The maximum atomic E-state index is 13.1. The lowest BCUT2D eigenvalue weighted by molar-refractivity contribution is -0.149. The summed E-state index contributed by atoms with van der Waals surface area (Å²) >= 11 is 0. The Kier molecular flexibility index (Phi) is 7.00. The average molecular weight is 490 g/mol. The molecule has 3 N–H and O–H groups in total. The van der Waals surface area contributed by atoms with Crippen LogP contribution < -0.4 is 10.6 Å². The number of hydrogen-bond acceptors (Lipinski definition) is 4. The highest BCUT2D eigenvalue weighted by molar-refractivity contribution is 5.86. The zero-order chi connectivity index (χ0) is 25.2. The van der Waals surface area contributed by atoms with Crippen molar-refractivity contribution in [2.24, 2.45) is 5.92 Å². The molecule has 3 unspecified atom stereocenters. The smallest absolute Gasteiger partial charge is 0.407 e. The molecule has 2 aromatic rings. The average Bonchev–Trinajstić information content (AvgIpc) is 3.39. The van der Waals surface area contributed by atoms with Gasteiger partial charge in [-0.05, 0) is 41.5 Å². The van der Waals surface area contributed by atoms with Crippen LogP contribution in [0.3, 0.4) is 0 Å². The maximum Gasteiger partial charge on any atom is 0.407 e. The molecular weight excluding hydrogens is 465 g/mol. The number of carboxylic acid groups (broad SMARTS) is 1. The highest BCUT2D eigenvalue weighted by atomic mass is 19.4. The van der Waals surface area contributed by atoms with Crippen LogP contribution in [-0.2, 0) is 14.3 Å². The predicted molar refractivity (Wildman–Crippen MR) is 120 cm³/mol. The first-order chi connectivity index (χ1) is 16.6. The number of carbonyl (C=O) groups excluding carboxylic acids is 2. The number of carboxylic acids is 1. The van der Waals surface area contributed by atoms with E-state index in [4.69, 9.17) is 9.84 Å². The predicted octanol–water partition coefficient (Wildman–Crippen LogP) is 4.22. The molecular formula is C25H25F3N2O5. The van der Waals surface area contributed by atoms with E-state index in [1.54, 1.807) is 0 Å². The Morgan fingerprint density at radius 2 is 1.60 bits per heavy atom. The second-order valence-electron chi connectivity index (χ2n) is 8.90. The number of hydrogen-bond donors (Lipinski definition) is 3. The molecule has 0 aromatic heterocycles. The summed E-state index contributed by atoms with van der Waals surface area (Å²) in [5.41, 5.74) is 3.89. The van der Waals surface area contributed by atoms with Gasteiger partial charge in [0.05, 0.1) is 12.3 Å². The number of alkyl carbamates (subject to hydrolysis) is 1. The topological polar surface area (TPSA) is 105 Å². The van der Waals surface area contributed by atoms with Gasteiger partial charge >= 0.3 is 18.2 Å². The molecule has 2 aliphatic carbocycles. The summed E-state index contributed by atoms with van der Waals surface area (Å²) < 4.78 is 44.6. The number of carbonyl (C=O) groups is 3. The van der Waals surface area contributed by atoms with Gasteiger partial charge in [-0.25, -0.2) is 4.79 Å². The summed E-state index contributed by atoms with van der Waals surface area (Å²) in [5.74, 6) is -2.97. The molecule has 1 saturated carbocycles. The molecule has 1 fully saturated rings. The lowest BCUT2D eigenvalue weighted by atomic mass is 9.98. The van der Waals surface area contributed by atoms with E-state index in [0.717, 1.165) is 22.3 Å². The van der Waals surface area contributed by atoms with E-state index in [9.17, 15) is 27.6 Å². The lowest BCUT2D eigenvalue weighted by Gasteiger charge is -2.22. The van der Waals surface area contributed by atoms with Crippen LogP contribution in [0.15, 0.2) is 48.5 Å². The second kappa shape index (κ2) is 9.97. The minimum atomic E-state index is -4.71. The molecule has 3 atom stereocenters. The molecule has 4 rings (SSSR count). The summed E-state index contributed by atoms with van der Waals surface area (Å²) in [5, 5.41) is 13.6. The molecule has 0 bridgehead atoms. The van der Waals surface area contributed by atoms with Crippen molar-refractivity contribution < 1.29 is 37.4 Å². The Morgan fingerprint density at radius 3 is 2.14 bits per heavy atom. The standard InChI is InChI=1S/C25H25F3N2O5/c26-25(27,28)12-21(22(31)29-15-10-9-14(11-15)23(32)33)30-24(34)35-13-20-18-7-3-1-5-16(18)17-6-2-4-8-19(17)20/h1-8,14-15,20-21H,9-13H2,(H,29,31)(H,30,34)(H,32,33). The molecule has 0 aliphatic heterocycles. The molecule has 2 aromatic carbocycles. The van der Waals surface area contributed by atoms with Crippen LogP contribution in [-0.4, -0.2) is 47.9 Å². The van der Waals surface area contributed by atoms with Gasteiger partial charge < -0.3 is 20.5 Å². The highest BCUT2D eigenvalue weighted by Gasteiger charge is 2.39. The number of rotatable bonds is 7. The normalized spacial score (nSPS) is 20.0. The number of ether oxygens (including phenoxy) is 1. The molecule has 10 heteroatoms. The molecule has 7 nitrogen and oxygen atoms in total. The molecule has 0 spiro atoms. The van der Waals surface area contributed by atoms with E-state index >= 15 is 0 Å². The Bertz CT molecular complexity index is 1070. The zero-order valence-corrected chi connectivity index (χ0v) is 18.7. The molecule has 2 amide bonds. The molecule has 35 heavy (non-hydrogen) atoms. The number of nitrogens with one attached hydrogen (secondary N) is 2. The summed E-state index contributed by atoms with van der Waals surface area (Å²) in [7, 11) is 0. The lowest BCUT2D eigenvalue weighted by Crippen LogP contribution is -2.51. The van der Waals surface area contributed by atoms with Gasteiger partial charge in [0, 0.05) is 12.0 Å². The summed E-state index contributed by atoms with van der Waals surface area (Å²) in [6.07, 6.45) is -6.62. The maximum absolute atomic E-state index is 13.1. The van der Waals surface area contributed by atoms with E-state index in [1.165, 1.54) is 0 Å². The zero-order valence-electron chi connectivity index (χ0n) is 18.7. The van der Waals surface area contributed by atoms with E-state index in [0.29, 0.717) is 12.8 Å². The largest absolute Gasteiger partial charge is 0.481 e. The van der Waals surface area contributed by atoms with Gasteiger partial charge in [0.2, 0.25) is 5.91 Å². The first kappa shape index (κ1) is 24.6. The van der Waals surface area contributed by atoms with Crippen LogP contribution in [0.5, 0.6) is 0 Å². The fourth-order valence-electron chi connectivity index (χ4n) is 4.86. The number of aliphatic carboxylic acids is 1. The van der Waals surface area contributed by atoms with Gasteiger partial charge in [-0.1, -0.05) is 48.5 Å². The van der Waals surface area contributed by atoms with Crippen molar-refractivity contribution in [3.05, 3.63) is 59.7 Å². The van der Waals surface area contributed by atoms with Gasteiger partial charge in [-0.15, -0.1) is 0 Å². The SMILES string of the molecule is O=C(NC(CC(F)(F)F)C(=O)NC1CCC(C(=O)O)C1)OCC1c2ccccc2-c2ccccc21. The highest BCUT2D eigenvalue weighted by Crippen LogP contribution is 2.44. The van der Waals surface area contributed by atoms with Crippen LogP contribution in [0, 0.1) is 5.92 Å². The van der Waals surface area contributed by atoms with Gasteiger partial charge in [0.1, 0.15) is 12.6 Å². The molecule has 0 saturated heterocycles. The third kappa shape index (κ3) is 5.75. The van der Waals surface area contributed by atoms with E-state index in [2.05, 4.69) is 5.32 Å². The van der Waals surface area contributed by atoms with Crippen LogP contribution >= 0.6 is 0 Å². The monoisotopic (exact) mass is 490 g/mol. The number of fused-ring (bicyclic) bond motifs is 3. The van der Waals surface area contributed by atoms with Crippen molar-refractivity contribution in [1.82, 2.24) is 10.6 Å². The Balaban J connectivity index is 1.39. The van der Waals surface area contributed by atoms with E-state index < -0.39 is 48.6 Å². The van der Waals surface area contributed by atoms with Gasteiger partial charge in [-0.3, -0.25) is 9.59 Å². The third-order valence-corrected chi connectivity index (χ3v) is 6.52. The minimum Gasteiger partial charge on any atom is -0.481 e. The Morgan fingerprint density at radius 1 is 1.00 bits per heavy atom.